The molecule has 0 radical (unpaired) electrons. The van der Waals surface area contributed by atoms with E-state index in [1.807, 2.05) is 12.1 Å². The van der Waals surface area contributed by atoms with Crippen LogP contribution < -0.4 is 10.1 Å². The first-order chi connectivity index (χ1) is 13.1. The topological polar surface area (TPSA) is 39.0 Å². The van der Waals surface area contributed by atoms with Gasteiger partial charge in [-0.1, -0.05) is 42.0 Å². The Labute approximate surface area is 162 Å². The summed E-state index contributed by atoms with van der Waals surface area (Å²) in [6.45, 7) is 8.17. The van der Waals surface area contributed by atoms with E-state index in [0.29, 0.717) is 5.92 Å². The lowest BCUT2D eigenvalue weighted by atomic mass is 9.88. The Kier molecular flexibility index (Phi) is 6.72. The third-order valence-corrected chi connectivity index (χ3v) is 4.72. The molecule has 0 fully saturated rings. The summed E-state index contributed by atoms with van der Waals surface area (Å²) in [5.74, 6) is 2.34. The van der Waals surface area contributed by atoms with Crippen LogP contribution in [0.5, 0.6) is 5.75 Å². The Morgan fingerprint density at radius 1 is 0.926 bits per heavy atom. The summed E-state index contributed by atoms with van der Waals surface area (Å²) in [5.41, 5.74) is 3.99. The molecule has 3 aromatic rings. The molecular weight excluding hydrogens is 334 g/mol. The third-order valence-electron chi connectivity index (χ3n) is 4.72. The zero-order valence-electron chi connectivity index (χ0n) is 16.5. The number of quaternary nitrogens is 1. The van der Waals surface area contributed by atoms with Crippen LogP contribution >= 0.6 is 0 Å². The van der Waals surface area contributed by atoms with Gasteiger partial charge in [-0.3, -0.25) is 0 Å². The van der Waals surface area contributed by atoms with Gasteiger partial charge in [0.05, 0.1) is 18.9 Å². The van der Waals surface area contributed by atoms with Gasteiger partial charge in [-0.05, 0) is 56.2 Å². The molecule has 3 nitrogen and oxygen atoms in total. The molecule has 1 heterocycles. The molecule has 0 unspecified atom stereocenters. The van der Waals surface area contributed by atoms with Crippen molar-refractivity contribution in [1.29, 1.82) is 0 Å². The minimum atomic E-state index is 0.194. The Morgan fingerprint density at radius 2 is 1.59 bits per heavy atom. The molecule has 2 aromatic carbocycles. The fourth-order valence-electron chi connectivity index (χ4n) is 3.33. The zero-order chi connectivity index (χ0) is 19.1. The molecule has 0 aliphatic carbocycles. The van der Waals surface area contributed by atoms with E-state index >= 15 is 0 Å². The summed E-state index contributed by atoms with van der Waals surface area (Å²) >= 11 is 0. The average molecular weight is 365 g/mol. The summed E-state index contributed by atoms with van der Waals surface area (Å²) in [4.78, 5) is 0. The summed E-state index contributed by atoms with van der Waals surface area (Å²) < 4.78 is 11.2. The number of hydrogen-bond acceptors (Lipinski definition) is 2. The normalized spacial score (nSPS) is 12.3. The highest BCUT2D eigenvalue weighted by molar-refractivity contribution is 5.37. The highest BCUT2D eigenvalue weighted by Gasteiger charge is 2.15. The van der Waals surface area contributed by atoms with E-state index < -0.39 is 0 Å². The Bertz CT molecular complexity index is 789. The number of nitrogens with two attached hydrogens (primary N) is 1. The van der Waals surface area contributed by atoms with Crippen LogP contribution in [-0.2, 0) is 6.54 Å². The van der Waals surface area contributed by atoms with Crippen molar-refractivity contribution in [2.75, 3.05) is 6.54 Å². The highest BCUT2D eigenvalue weighted by Crippen LogP contribution is 2.29. The van der Waals surface area contributed by atoms with Gasteiger partial charge in [0.25, 0.3) is 0 Å². The third kappa shape index (κ3) is 5.73. The fourth-order valence-corrected chi connectivity index (χ4v) is 3.33. The van der Waals surface area contributed by atoms with E-state index in [1.54, 1.807) is 6.26 Å². The quantitative estimate of drug-likeness (QED) is 0.561. The molecule has 0 aliphatic heterocycles. The van der Waals surface area contributed by atoms with Crippen LogP contribution in [0.15, 0.2) is 71.3 Å². The molecular formula is C24H30NO2+. The molecule has 142 valence electrons. The van der Waals surface area contributed by atoms with Crippen LogP contribution in [0.2, 0.25) is 0 Å². The van der Waals surface area contributed by atoms with E-state index in [0.717, 1.165) is 31.0 Å². The minimum absolute atomic E-state index is 0.194. The van der Waals surface area contributed by atoms with Crippen molar-refractivity contribution in [1.82, 2.24) is 0 Å². The van der Waals surface area contributed by atoms with Gasteiger partial charge in [-0.25, -0.2) is 0 Å². The Hall–Kier alpha value is -2.52. The van der Waals surface area contributed by atoms with Gasteiger partial charge in [0.15, 0.2) is 5.76 Å². The standard InChI is InChI=1S/C24H29NO2/c1-18(2)27-22-12-10-21(11-13-22)24(20-8-6-19(3)7-9-20)14-15-25-17-23-5-4-16-26-23/h4-13,16,18,24-25H,14-15,17H2,1-3H3/p+1/t24-/m0/s1. The van der Waals surface area contributed by atoms with Gasteiger partial charge in [0, 0.05) is 12.3 Å². The van der Waals surface area contributed by atoms with Crippen LogP contribution in [0.25, 0.3) is 0 Å². The molecule has 0 bridgehead atoms. The van der Waals surface area contributed by atoms with Gasteiger partial charge < -0.3 is 14.5 Å². The van der Waals surface area contributed by atoms with Gasteiger partial charge >= 0.3 is 0 Å². The smallest absolute Gasteiger partial charge is 0.157 e. The number of ether oxygens (including phenoxy) is 1. The lowest BCUT2D eigenvalue weighted by Gasteiger charge is -2.18. The van der Waals surface area contributed by atoms with Crippen molar-refractivity contribution in [3.8, 4) is 5.75 Å². The van der Waals surface area contributed by atoms with Crippen molar-refractivity contribution in [3.63, 3.8) is 0 Å². The van der Waals surface area contributed by atoms with Crippen molar-refractivity contribution in [2.45, 2.75) is 45.8 Å². The van der Waals surface area contributed by atoms with Gasteiger partial charge in [-0.2, -0.15) is 0 Å². The molecule has 0 aliphatic rings. The van der Waals surface area contributed by atoms with E-state index in [9.17, 15) is 0 Å². The van der Waals surface area contributed by atoms with Crippen LogP contribution in [0.1, 0.15) is 48.6 Å². The van der Waals surface area contributed by atoms with Crippen molar-refractivity contribution in [3.05, 3.63) is 89.4 Å². The Morgan fingerprint density at radius 3 is 2.19 bits per heavy atom. The van der Waals surface area contributed by atoms with Crippen molar-refractivity contribution in [2.24, 2.45) is 0 Å². The first-order valence-electron chi connectivity index (χ1n) is 9.79. The summed E-state index contributed by atoms with van der Waals surface area (Å²) in [7, 11) is 0. The maximum Gasteiger partial charge on any atom is 0.157 e. The maximum absolute atomic E-state index is 5.79. The van der Waals surface area contributed by atoms with Crippen LogP contribution in [-0.4, -0.2) is 12.6 Å². The zero-order valence-corrected chi connectivity index (χ0v) is 16.5. The van der Waals surface area contributed by atoms with Crippen LogP contribution in [0.3, 0.4) is 0 Å². The predicted molar refractivity (Wildman–Crippen MR) is 109 cm³/mol. The lowest BCUT2D eigenvalue weighted by Crippen LogP contribution is -2.82. The molecule has 0 saturated heterocycles. The van der Waals surface area contributed by atoms with Gasteiger partial charge in [-0.15, -0.1) is 0 Å². The fraction of sp³-hybridized carbons (Fsp3) is 0.333. The molecule has 1 atom stereocenters. The molecule has 0 saturated carbocycles. The molecule has 27 heavy (non-hydrogen) atoms. The van der Waals surface area contributed by atoms with Gasteiger partial charge in [0.1, 0.15) is 12.3 Å². The van der Waals surface area contributed by atoms with E-state index in [-0.39, 0.29) is 6.10 Å². The lowest BCUT2D eigenvalue weighted by molar-refractivity contribution is -0.672. The van der Waals surface area contributed by atoms with Gasteiger partial charge in [0.2, 0.25) is 0 Å². The van der Waals surface area contributed by atoms with E-state index in [2.05, 4.69) is 74.6 Å². The average Bonchev–Trinajstić information content (AvgIpc) is 3.17. The summed E-state index contributed by atoms with van der Waals surface area (Å²) in [6, 6.07) is 21.5. The predicted octanol–water partition coefficient (Wildman–Crippen LogP) is 4.66. The largest absolute Gasteiger partial charge is 0.491 e. The molecule has 3 rings (SSSR count). The van der Waals surface area contributed by atoms with Crippen LogP contribution in [0, 0.1) is 6.92 Å². The molecule has 3 heteroatoms. The second kappa shape index (κ2) is 9.43. The van der Waals surface area contributed by atoms with Crippen LogP contribution in [0.4, 0.5) is 0 Å². The second-order valence-electron chi connectivity index (χ2n) is 7.35. The number of furan rings is 1. The molecule has 0 amide bonds. The molecule has 2 N–H and O–H groups in total. The number of rotatable bonds is 9. The van der Waals surface area contributed by atoms with E-state index in [1.165, 1.54) is 16.7 Å². The number of aryl methyl sites for hydroxylation is 1. The van der Waals surface area contributed by atoms with E-state index in [4.69, 9.17) is 9.15 Å². The second-order valence-corrected chi connectivity index (χ2v) is 7.35. The minimum Gasteiger partial charge on any atom is -0.491 e. The van der Waals surface area contributed by atoms with Crippen molar-refractivity contribution >= 4 is 0 Å². The first-order valence-corrected chi connectivity index (χ1v) is 9.79. The summed E-state index contributed by atoms with van der Waals surface area (Å²) in [6.07, 6.45) is 3.01. The highest BCUT2D eigenvalue weighted by atomic mass is 16.5. The molecule has 0 spiro atoms. The Balaban J connectivity index is 1.70. The number of hydrogen-bond donors (Lipinski definition) is 1. The maximum atomic E-state index is 5.79. The summed E-state index contributed by atoms with van der Waals surface area (Å²) in [5, 5.41) is 2.32. The molecule has 1 aromatic heterocycles. The SMILES string of the molecule is Cc1ccc([C@H](CC[NH2+]Cc2ccco2)c2ccc(OC(C)C)cc2)cc1. The monoisotopic (exact) mass is 364 g/mol. The number of benzene rings is 2. The van der Waals surface area contributed by atoms with Crippen molar-refractivity contribution < 1.29 is 14.5 Å². The first kappa shape index (κ1) is 19.2.